The highest BCUT2D eigenvalue weighted by Gasteiger charge is 2.24. The molecule has 0 aliphatic heterocycles. The largest absolute Gasteiger partial charge is 0.352 e. The van der Waals surface area contributed by atoms with E-state index in [2.05, 4.69) is 11.4 Å². The molecule has 0 unspecified atom stereocenters. The Morgan fingerprint density at radius 1 is 1.64 bits per heavy atom. The number of nitriles is 1. The molecule has 1 aliphatic rings. The highest BCUT2D eigenvalue weighted by atomic mass is 16.2. The fourth-order valence-corrected chi connectivity index (χ4v) is 1.20. The van der Waals surface area contributed by atoms with Crippen LogP contribution in [0.15, 0.2) is 0 Å². The Balaban J connectivity index is 2.29. The predicted molar refractivity (Wildman–Crippen MR) is 53.5 cm³/mol. The van der Waals surface area contributed by atoms with E-state index in [9.17, 15) is 4.79 Å². The quantitative estimate of drug-likeness (QED) is 0.650. The fraction of sp³-hybridized carbons (Fsp3) is 0.800. The summed E-state index contributed by atoms with van der Waals surface area (Å²) in [4.78, 5) is 13.3. The monoisotopic (exact) mass is 195 g/mol. The minimum Gasteiger partial charge on any atom is -0.352 e. The first-order valence-corrected chi connectivity index (χ1v) is 5.04. The molecule has 0 radical (unpaired) electrons. The Labute approximate surface area is 84.9 Å². The molecule has 0 atom stereocenters. The average molecular weight is 195 g/mol. The van der Waals surface area contributed by atoms with E-state index in [0.29, 0.717) is 19.1 Å². The highest BCUT2D eigenvalue weighted by Crippen LogP contribution is 2.18. The van der Waals surface area contributed by atoms with Crippen LogP contribution in [0.25, 0.3) is 0 Å². The minimum atomic E-state index is 0.0384. The number of carbonyl (C=O) groups is 1. The first-order chi connectivity index (χ1) is 6.63. The van der Waals surface area contributed by atoms with Crippen molar-refractivity contribution in [1.29, 1.82) is 5.26 Å². The molecular weight excluding hydrogens is 178 g/mol. The zero-order valence-electron chi connectivity index (χ0n) is 8.79. The molecule has 78 valence electrons. The molecule has 0 spiro atoms. The van der Waals surface area contributed by atoms with Gasteiger partial charge in [0.1, 0.15) is 0 Å². The lowest BCUT2D eigenvalue weighted by atomic mass is 10.3. The fourth-order valence-electron chi connectivity index (χ4n) is 1.20. The third kappa shape index (κ3) is 3.75. The van der Waals surface area contributed by atoms with Crippen LogP contribution in [0.4, 0.5) is 0 Å². The van der Waals surface area contributed by atoms with Crippen molar-refractivity contribution in [2.45, 2.75) is 38.8 Å². The molecule has 0 aromatic rings. The molecule has 1 rings (SSSR count). The van der Waals surface area contributed by atoms with E-state index in [1.807, 2.05) is 18.7 Å². The number of nitrogens with one attached hydrogen (secondary N) is 1. The molecule has 14 heavy (non-hydrogen) atoms. The predicted octanol–water partition coefficient (Wildman–Crippen LogP) is 0.499. The molecule has 1 N–H and O–H groups in total. The van der Waals surface area contributed by atoms with E-state index in [4.69, 9.17) is 5.26 Å². The van der Waals surface area contributed by atoms with Crippen LogP contribution in [0.5, 0.6) is 0 Å². The number of carbonyl (C=O) groups excluding carboxylic acids is 1. The van der Waals surface area contributed by atoms with Gasteiger partial charge < -0.3 is 5.32 Å². The van der Waals surface area contributed by atoms with Gasteiger partial charge in [-0.3, -0.25) is 9.69 Å². The summed E-state index contributed by atoms with van der Waals surface area (Å²) in [7, 11) is 0. The number of hydrogen-bond acceptors (Lipinski definition) is 3. The number of nitrogens with zero attached hydrogens (tertiary/aromatic N) is 2. The van der Waals surface area contributed by atoms with Crippen molar-refractivity contribution in [3.05, 3.63) is 0 Å². The zero-order chi connectivity index (χ0) is 10.6. The van der Waals surface area contributed by atoms with E-state index in [0.717, 1.165) is 12.8 Å². The molecule has 0 bridgehead atoms. The zero-order valence-corrected chi connectivity index (χ0v) is 8.79. The summed E-state index contributed by atoms with van der Waals surface area (Å²) in [6.45, 7) is 4.63. The minimum absolute atomic E-state index is 0.0384. The van der Waals surface area contributed by atoms with E-state index in [-0.39, 0.29) is 11.9 Å². The highest BCUT2D eigenvalue weighted by molar-refractivity contribution is 5.78. The summed E-state index contributed by atoms with van der Waals surface area (Å²) in [5.41, 5.74) is 0. The van der Waals surface area contributed by atoms with Crippen LogP contribution < -0.4 is 5.32 Å². The second-order valence-electron chi connectivity index (χ2n) is 4.00. The maximum absolute atomic E-state index is 11.4. The average Bonchev–Trinajstić information content (AvgIpc) is 2.87. The van der Waals surface area contributed by atoms with Gasteiger partial charge in [0.05, 0.1) is 19.2 Å². The summed E-state index contributed by atoms with van der Waals surface area (Å²) in [5, 5.41) is 11.5. The summed E-state index contributed by atoms with van der Waals surface area (Å²) >= 11 is 0. The number of rotatable bonds is 5. The van der Waals surface area contributed by atoms with E-state index in [1.165, 1.54) is 0 Å². The van der Waals surface area contributed by atoms with Gasteiger partial charge in [-0.15, -0.1) is 0 Å². The molecule has 0 aromatic carbocycles. The Morgan fingerprint density at radius 2 is 2.29 bits per heavy atom. The van der Waals surface area contributed by atoms with E-state index in [1.54, 1.807) is 0 Å². The van der Waals surface area contributed by atoms with Crippen molar-refractivity contribution in [3.8, 4) is 6.07 Å². The molecule has 4 heteroatoms. The SMILES string of the molecule is CC(C)N(CC#N)CC(=O)NC1CC1. The first-order valence-electron chi connectivity index (χ1n) is 5.04. The lowest BCUT2D eigenvalue weighted by Crippen LogP contribution is -2.41. The Hall–Kier alpha value is -1.08. The van der Waals surface area contributed by atoms with Gasteiger partial charge in [0.25, 0.3) is 0 Å². The van der Waals surface area contributed by atoms with Crippen molar-refractivity contribution in [2.75, 3.05) is 13.1 Å². The molecule has 1 saturated carbocycles. The van der Waals surface area contributed by atoms with Gasteiger partial charge in [-0.2, -0.15) is 5.26 Å². The molecule has 1 amide bonds. The summed E-state index contributed by atoms with van der Waals surface area (Å²) in [6.07, 6.45) is 2.21. The van der Waals surface area contributed by atoms with Crippen LogP contribution in [0.3, 0.4) is 0 Å². The van der Waals surface area contributed by atoms with Crippen LogP contribution in [0.1, 0.15) is 26.7 Å². The Morgan fingerprint density at radius 3 is 2.71 bits per heavy atom. The molecule has 0 saturated heterocycles. The standard InChI is InChI=1S/C10H17N3O/c1-8(2)13(6-5-11)7-10(14)12-9-3-4-9/h8-9H,3-4,6-7H2,1-2H3,(H,12,14). The van der Waals surface area contributed by atoms with Gasteiger partial charge in [0.15, 0.2) is 0 Å². The first kappa shape index (κ1) is 11.0. The van der Waals surface area contributed by atoms with Crippen molar-refractivity contribution in [2.24, 2.45) is 0 Å². The molecule has 4 nitrogen and oxygen atoms in total. The van der Waals surface area contributed by atoms with Crippen LogP contribution in [0, 0.1) is 11.3 Å². The van der Waals surface area contributed by atoms with Crippen LogP contribution in [0.2, 0.25) is 0 Å². The normalized spacial score (nSPS) is 15.6. The van der Waals surface area contributed by atoms with Gasteiger partial charge in [-0.1, -0.05) is 0 Å². The molecule has 0 aromatic heterocycles. The van der Waals surface area contributed by atoms with E-state index < -0.39 is 0 Å². The Kier molecular flexibility index (Phi) is 3.90. The summed E-state index contributed by atoms with van der Waals surface area (Å²) < 4.78 is 0. The molecular formula is C10H17N3O. The third-order valence-corrected chi connectivity index (χ3v) is 2.29. The smallest absolute Gasteiger partial charge is 0.234 e. The van der Waals surface area contributed by atoms with Gasteiger partial charge in [-0.05, 0) is 26.7 Å². The molecule has 1 fully saturated rings. The second kappa shape index (κ2) is 4.97. The second-order valence-corrected chi connectivity index (χ2v) is 4.00. The van der Waals surface area contributed by atoms with Crippen LogP contribution >= 0.6 is 0 Å². The summed E-state index contributed by atoms with van der Waals surface area (Å²) in [6, 6.07) is 2.71. The van der Waals surface area contributed by atoms with Gasteiger partial charge in [0.2, 0.25) is 5.91 Å². The van der Waals surface area contributed by atoms with Gasteiger partial charge >= 0.3 is 0 Å². The van der Waals surface area contributed by atoms with Crippen molar-refractivity contribution in [3.63, 3.8) is 0 Å². The Bertz CT molecular complexity index is 240. The summed E-state index contributed by atoms with van der Waals surface area (Å²) in [5.74, 6) is 0.0384. The lowest BCUT2D eigenvalue weighted by Gasteiger charge is -2.22. The van der Waals surface area contributed by atoms with Gasteiger partial charge in [-0.25, -0.2) is 0 Å². The van der Waals surface area contributed by atoms with Crippen molar-refractivity contribution >= 4 is 5.91 Å². The maximum Gasteiger partial charge on any atom is 0.234 e. The van der Waals surface area contributed by atoms with Gasteiger partial charge in [0, 0.05) is 12.1 Å². The molecule has 1 aliphatic carbocycles. The van der Waals surface area contributed by atoms with Crippen LogP contribution in [-0.4, -0.2) is 36.0 Å². The number of amides is 1. The lowest BCUT2D eigenvalue weighted by molar-refractivity contribution is -0.122. The number of hydrogen-bond donors (Lipinski definition) is 1. The third-order valence-electron chi connectivity index (χ3n) is 2.29. The van der Waals surface area contributed by atoms with Crippen LogP contribution in [-0.2, 0) is 4.79 Å². The maximum atomic E-state index is 11.4. The molecule has 0 heterocycles. The van der Waals surface area contributed by atoms with Crippen molar-refractivity contribution < 1.29 is 4.79 Å². The van der Waals surface area contributed by atoms with Crippen molar-refractivity contribution in [1.82, 2.24) is 10.2 Å². The van der Waals surface area contributed by atoms with E-state index >= 15 is 0 Å². The topological polar surface area (TPSA) is 56.1 Å².